The topological polar surface area (TPSA) is 20.3 Å². The van der Waals surface area contributed by atoms with Crippen LogP contribution in [0.1, 0.15) is 38.5 Å². The Morgan fingerprint density at radius 1 is 1.06 bits per heavy atom. The van der Waals surface area contributed by atoms with E-state index >= 15 is 0 Å². The van der Waals surface area contributed by atoms with Crippen molar-refractivity contribution in [1.82, 2.24) is 4.90 Å². The third-order valence-electron chi connectivity index (χ3n) is 4.62. The highest BCUT2D eigenvalue weighted by Crippen LogP contribution is 2.56. The smallest absolute Gasteiger partial charge is 0.226 e. The molecule has 3 heteroatoms. The van der Waals surface area contributed by atoms with Crippen molar-refractivity contribution in [2.45, 2.75) is 43.4 Å². The maximum absolute atomic E-state index is 12.4. The van der Waals surface area contributed by atoms with Gasteiger partial charge in [0.15, 0.2) is 0 Å². The van der Waals surface area contributed by atoms with Crippen molar-refractivity contribution >= 4 is 21.8 Å². The van der Waals surface area contributed by atoms with Gasteiger partial charge in [-0.15, -0.1) is 0 Å². The molecule has 16 heavy (non-hydrogen) atoms. The molecular weight excluding hydrogens is 266 g/mol. The Morgan fingerprint density at radius 2 is 1.75 bits per heavy atom. The van der Waals surface area contributed by atoms with Crippen LogP contribution in [0.4, 0.5) is 0 Å². The van der Waals surface area contributed by atoms with Crippen LogP contribution >= 0.6 is 15.9 Å². The molecule has 3 rings (SSSR count). The molecule has 0 N–H and O–H groups in total. The van der Waals surface area contributed by atoms with Gasteiger partial charge < -0.3 is 4.90 Å². The van der Waals surface area contributed by atoms with Crippen LogP contribution in [0.15, 0.2) is 0 Å². The largest absolute Gasteiger partial charge is 0.341 e. The molecule has 3 fully saturated rings. The quantitative estimate of drug-likeness (QED) is 0.679. The molecule has 2 nitrogen and oxygen atoms in total. The number of carbonyl (C=O) groups is 1. The maximum Gasteiger partial charge on any atom is 0.226 e. The van der Waals surface area contributed by atoms with Crippen molar-refractivity contribution in [3.63, 3.8) is 0 Å². The molecule has 0 aromatic heterocycles. The number of carbonyl (C=O) groups excluding carboxylic acids is 1. The van der Waals surface area contributed by atoms with Crippen molar-refractivity contribution in [1.29, 1.82) is 0 Å². The fourth-order valence-corrected chi connectivity index (χ4v) is 4.37. The first kappa shape index (κ1) is 11.1. The molecule has 3 aliphatic rings. The minimum Gasteiger partial charge on any atom is -0.341 e. The Morgan fingerprint density at radius 3 is 2.38 bits per heavy atom. The lowest BCUT2D eigenvalue weighted by atomic mass is 10.0. The number of hydrogen-bond donors (Lipinski definition) is 0. The summed E-state index contributed by atoms with van der Waals surface area (Å²) in [6.07, 6.45) is 7.72. The highest BCUT2D eigenvalue weighted by atomic mass is 79.9. The number of hydrogen-bond acceptors (Lipinski definition) is 1. The first-order chi connectivity index (χ1) is 7.77. The van der Waals surface area contributed by atoms with E-state index in [1.807, 2.05) is 0 Å². The highest BCUT2D eigenvalue weighted by molar-refractivity contribution is 9.09. The average Bonchev–Trinajstić information content (AvgIpc) is 3.02. The highest BCUT2D eigenvalue weighted by Gasteiger charge is 2.55. The molecule has 3 atom stereocenters. The van der Waals surface area contributed by atoms with Crippen LogP contribution < -0.4 is 0 Å². The van der Waals surface area contributed by atoms with E-state index in [9.17, 15) is 4.79 Å². The third-order valence-corrected chi connectivity index (χ3v) is 5.36. The summed E-state index contributed by atoms with van der Waals surface area (Å²) in [5.74, 6) is 2.41. The summed E-state index contributed by atoms with van der Waals surface area (Å²) in [6, 6.07) is 0. The third kappa shape index (κ3) is 1.92. The molecule has 1 aliphatic heterocycles. The lowest BCUT2D eigenvalue weighted by Gasteiger charge is -2.30. The predicted molar refractivity (Wildman–Crippen MR) is 67.5 cm³/mol. The Hall–Kier alpha value is -0.0500. The van der Waals surface area contributed by atoms with Crippen LogP contribution in [-0.4, -0.2) is 28.7 Å². The zero-order valence-electron chi connectivity index (χ0n) is 9.70. The fourth-order valence-electron chi connectivity index (χ4n) is 3.69. The van der Waals surface area contributed by atoms with E-state index in [0.29, 0.717) is 16.7 Å². The molecule has 0 spiro atoms. The summed E-state index contributed by atoms with van der Waals surface area (Å²) in [4.78, 5) is 15.0. The normalized spacial score (nSPS) is 42.7. The number of fused-ring (bicyclic) bond motifs is 1. The molecule has 0 radical (unpaired) electrons. The van der Waals surface area contributed by atoms with Gasteiger partial charge in [-0.3, -0.25) is 4.79 Å². The summed E-state index contributed by atoms with van der Waals surface area (Å²) >= 11 is 3.65. The van der Waals surface area contributed by atoms with Gasteiger partial charge in [0, 0.05) is 23.8 Å². The molecule has 0 aromatic carbocycles. The van der Waals surface area contributed by atoms with Gasteiger partial charge in [-0.05, 0) is 37.5 Å². The van der Waals surface area contributed by atoms with Crippen LogP contribution in [-0.2, 0) is 4.79 Å². The Labute approximate surface area is 106 Å². The second-order valence-corrected chi connectivity index (χ2v) is 6.96. The number of nitrogens with zero attached hydrogens (tertiary/aromatic N) is 1. The van der Waals surface area contributed by atoms with E-state index in [2.05, 4.69) is 20.8 Å². The second kappa shape index (κ2) is 4.32. The summed E-state index contributed by atoms with van der Waals surface area (Å²) in [7, 11) is 0. The van der Waals surface area contributed by atoms with Crippen molar-refractivity contribution in [2.75, 3.05) is 13.1 Å². The lowest BCUT2D eigenvalue weighted by Crippen LogP contribution is -2.41. The monoisotopic (exact) mass is 285 g/mol. The standard InChI is InChI=1S/C13H20BrNO/c14-9-4-3-7-15(8-9)13(16)12-10-5-1-2-6-11(10)12/h9-12H,1-8H2. The fraction of sp³-hybridized carbons (Fsp3) is 0.923. The Kier molecular flexibility index (Phi) is 2.99. The van der Waals surface area contributed by atoms with Crippen molar-refractivity contribution in [3.05, 3.63) is 0 Å². The van der Waals surface area contributed by atoms with Gasteiger partial charge in [0.1, 0.15) is 0 Å². The van der Waals surface area contributed by atoms with Crippen LogP contribution in [0.2, 0.25) is 0 Å². The molecule has 2 aliphatic carbocycles. The summed E-state index contributed by atoms with van der Waals surface area (Å²) in [6.45, 7) is 1.94. The number of alkyl halides is 1. The number of rotatable bonds is 1. The van der Waals surface area contributed by atoms with Gasteiger partial charge in [-0.25, -0.2) is 0 Å². The summed E-state index contributed by atoms with van der Waals surface area (Å²) in [5.41, 5.74) is 0. The van der Waals surface area contributed by atoms with Gasteiger partial charge in [0.25, 0.3) is 0 Å². The van der Waals surface area contributed by atoms with Crippen molar-refractivity contribution in [2.24, 2.45) is 17.8 Å². The molecular formula is C13H20BrNO. The van der Waals surface area contributed by atoms with E-state index in [1.165, 1.54) is 38.5 Å². The molecule has 1 heterocycles. The number of amides is 1. The molecule has 2 saturated carbocycles. The van der Waals surface area contributed by atoms with Gasteiger partial charge >= 0.3 is 0 Å². The maximum atomic E-state index is 12.4. The van der Waals surface area contributed by atoms with Crippen molar-refractivity contribution in [3.8, 4) is 0 Å². The molecule has 0 aromatic rings. The van der Waals surface area contributed by atoms with Crippen LogP contribution in [0, 0.1) is 17.8 Å². The number of piperidine rings is 1. The molecule has 1 saturated heterocycles. The number of halogens is 1. The number of likely N-dealkylation sites (tertiary alicyclic amines) is 1. The van der Waals surface area contributed by atoms with Crippen molar-refractivity contribution < 1.29 is 4.79 Å². The second-order valence-electron chi connectivity index (χ2n) is 5.66. The Bertz CT molecular complexity index is 278. The lowest BCUT2D eigenvalue weighted by molar-refractivity contribution is -0.133. The summed E-state index contributed by atoms with van der Waals surface area (Å²) < 4.78 is 0. The van der Waals surface area contributed by atoms with E-state index in [-0.39, 0.29) is 0 Å². The average molecular weight is 286 g/mol. The van der Waals surface area contributed by atoms with Gasteiger partial charge in [-0.1, -0.05) is 28.8 Å². The van der Waals surface area contributed by atoms with E-state index in [4.69, 9.17) is 0 Å². The van der Waals surface area contributed by atoms with E-state index in [0.717, 1.165) is 24.9 Å². The van der Waals surface area contributed by atoms with Crippen LogP contribution in [0.25, 0.3) is 0 Å². The molecule has 0 bridgehead atoms. The zero-order valence-corrected chi connectivity index (χ0v) is 11.3. The van der Waals surface area contributed by atoms with Gasteiger partial charge in [0.05, 0.1) is 0 Å². The Balaban J connectivity index is 1.61. The molecule has 3 unspecified atom stereocenters. The first-order valence-corrected chi connectivity index (χ1v) is 7.62. The SMILES string of the molecule is O=C(C1C2CCCCC21)N1CCCC(Br)C1. The van der Waals surface area contributed by atoms with Gasteiger partial charge in [0.2, 0.25) is 5.91 Å². The molecule has 1 amide bonds. The van der Waals surface area contributed by atoms with Crippen LogP contribution in [0.3, 0.4) is 0 Å². The minimum atomic E-state index is 0.417. The predicted octanol–water partition coefficient (Wildman–Crippen LogP) is 2.81. The first-order valence-electron chi connectivity index (χ1n) is 6.70. The molecule has 90 valence electrons. The minimum absolute atomic E-state index is 0.417. The summed E-state index contributed by atoms with van der Waals surface area (Å²) in [5, 5.41) is 0. The van der Waals surface area contributed by atoms with Gasteiger partial charge in [-0.2, -0.15) is 0 Å². The van der Waals surface area contributed by atoms with E-state index in [1.54, 1.807) is 0 Å². The van der Waals surface area contributed by atoms with E-state index < -0.39 is 0 Å². The zero-order chi connectivity index (χ0) is 11.1. The van der Waals surface area contributed by atoms with Crippen LogP contribution in [0.5, 0.6) is 0 Å².